The van der Waals surface area contributed by atoms with Crippen molar-refractivity contribution in [2.75, 3.05) is 0 Å². The van der Waals surface area contributed by atoms with E-state index in [1.807, 2.05) is 49.6 Å². The summed E-state index contributed by atoms with van der Waals surface area (Å²) in [7, 11) is 1.87. The van der Waals surface area contributed by atoms with Gasteiger partial charge in [0.1, 0.15) is 0 Å². The van der Waals surface area contributed by atoms with Crippen LogP contribution in [0.1, 0.15) is 11.1 Å². The van der Waals surface area contributed by atoms with Crippen LogP contribution in [0.25, 0.3) is 22.0 Å². The number of hydrogen-bond acceptors (Lipinski definition) is 3. The molecule has 5 heteroatoms. The van der Waals surface area contributed by atoms with Crippen LogP contribution < -0.4 is 5.32 Å². The summed E-state index contributed by atoms with van der Waals surface area (Å²) in [5, 5.41) is 9.49. The molecule has 2 aromatic carbocycles. The first-order valence-corrected chi connectivity index (χ1v) is 8.87. The van der Waals surface area contributed by atoms with Gasteiger partial charge in [0, 0.05) is 31.5 Å². The van der Waals surface area contributed by atoms with Gasteiger partial charge in [-0.3, -0.25) is 14.5 Å². The molecule has 4 aromatic rings. The molecule has 4 rings (SSSR count). The lowest BCUT2D eigenvalue weighted by Gasteiger charge is -2.10. The van der Waals surface area contributed by atoms with Gasteiger partial charge in [0.25, 0.3) is 0 Å². The van der Waals surface area contributed by atoms with E-state index >= 15 is 0 Å². The van der Waals surface area contributed by atoms with Crippen LogP contribution in [0.3, 0.4) is 0 Å². The van der Waals surface area contributed by atoms with E-state index in [1.165, 1.54) is 0 Å². The fourth-order valence-corrected chi connectivity index (χ4v) is 3.26. The van der Waals surface area contributed by atoms with Crippen molar-refractivity contribution < 1.29 is 4.79 Å². The Bertz CT molecular complexity index is 1090. The molecule has 27 heavy (non-hydrogen) atoms. The van der Waals surface area contributed by atoms with Gasteiger partial charge in [0.05, 0.1) is 18.3 Å². The van der Waals surface area contributed by atoms with Crippen LogP contribution >= 0.6 is 0 Å². The molecule has 0 saturated carbocycles. The van der Waals surface area contributed by atoms with Gasteiger partial charge in [-0.1, -0.05) is 48.5 Å². The molecule has 0 aliphatic heterocycles. The van der Waals surface area contributed by atoms with E-state index in [0.29, 0.717) is 13.0 Å². The second-order valence-corrected chi connectivity index (χ2v) is 6.51. The molecule has 0 saturated heterocycles. The lowest BCUT2D eigenvalue weighted by molar-refractivity contribution is -0.120. The largest absolute Gasteiger partial charge is 0.352 e. The molecule has 0 spiro atoms. The lowest BCUT2D eigenvalue weighted by Crippen LogP contribution is -2.25. The highest BCUT2D eigenvalue weighted by molar-refractivity contribution is 5.90. The minimum absolute atomic E-state index is 0.00709. The first kappa shape index (κ1) is 17.0. The van der Waals surface area contributed by atoms with Crippen LogP contribution in [0.2, 0.25) is 0 Å². The van der Waals surface area contributed by atoms with E-state index in [1.54, 1.807) is 17.1 Å². The van der Waals surface area contributed by atoms with E-state index in [0.717, 1.165) is 33.2 Å². The van der Waals surface area contributed by atoms with Crippen molar-refractivity contribution in [2.24, 2.45) is 7.05 Å². The first-order valence-electron chi connectivity index (χ1n) is 8.87. The van der Waals surface area contributed by atoms with Crippen molar-refractivity contribution in [1.82, 2.24) is 20.1 Å². The van der Waals surface area contributed by atoms with Crippen molar-refractivity contribution in [1.29, 1.82) is 0 Å². The third-order valence-electron chi connectivity index (χ3n) is 4.58. The van der Waals surface area contributed by atoms with E-state index in [2.05, 4.69) is 33.6 Å². The van der Waals surface area contributed by atoms with Gasteiger partial charge in [0.15, 0.2) is 0 Å². The number of rotatable bonds is 5. The van der Waals surface area contributed by atoms with Gasteiger partial charge in [-0.15, -0.1) is 0 Å². The summed E-state index contributed by atoms with van der Waals surface area (Å²) in [6.45, 7) is 0.432. The minimum Gasteiger partial charge on any atom is -0.352 e. The van der Waals surface area contributed by atoms with Crippen LogP contribution in [0.5, 0.6) is 0 Å². The number of amides is 1. The van der Waals surface area contributed by atoms with Gasteiger partial charge >= 0.3 is 0 Å². The number of nitrogens with one attached hydrogen (secondary N) is 1. The standard InChI is InChI=1S/C22H20N4O/c1-26-15-19(14-25-26)22-18(9-5-11-23-22)13-24-21(27)12-17-8-4-7-16-6-2-3-10-20(16)17/h2-11,14-15H,12-13H2,1H3,(H,24,27). The van der Waals surface area contributed by atoms with Crippen LogP contribution in [0, 0.1) is 0 Å². The Hall–Kier alpha value is -3.47. The Balaban J connectivity index is 1.49. The Morgan fingerprint density at radius 2 is 1.85 bits per heavy atom. The summed E-state index contributed by atoms with van der Waals surface area (Å²) < 4.78 is 1.74. The normalized spacial score (nSPS) is 10.9. The molecule has 134 valence electrons. The van der Waals surface area contributed by atoms with Crippen LogP contribution in [-0.2, 0) is 24.8 Å². The summed E-state index contributed by atoms with van der Waals surface area (Å²) in [5.74, 6) is -0.00709. The molecule has 0 atom stereocenters. The number of aromatic nitrogens is 3. The summed E-state index contributed by atoms with van der Waals surface area (Å²) >= 11 is 0. The van der Waals surface area contributed by atoms with Gasteiger partial charge in [-0.2, -0.15) is 5.10 Å². The van der Waals surface area contributed by atoms with Crippen molar-refractivity contribution in [3.63, 3.8) is 0 Å². The van der Waals surface area contributed by atoms with Crippen molar-refractivity contribution >= 4 is 16.7 Å². The smallest absolute Gasteiger partial charge is 0.224 e. The predicted octanol–water partition coefficient (Wildman–Crippen LogP) is 3.49. The molecule has 5 nitrogen and oxygen atoms in total. The third-order valence-corrected chi connectivity index (χ3v) is 4.58. The molecule has 0 unspecified atom stereocenters. The summed E-state index contributed by atoms with van der Waals surface area (Å²) in [6, 6.07) is 18.0. The maximum absolute atomic E-state index is 12.5. The Kier molecular flexibility index (Phi) is 4.66. The average molecular weight is 356 g/mol. The fraction of sp³-hybridized carbons (Fsp3) is 0.136. The number of pyridine rings is 1. The maximum atomic E-state index is 12.5. The zero-order valence-corrected chi connectivity index (χ0v) is 15.1. The minimum atomic E-state index is -0.00709. The van der Waals surface area contributed by atoms with E-state index in [-0.39, 0.29) is 5.91 Å². The van der Waals surface area contributed by atoms with Crippen molar-refractivity contribution in [3.8, 4) is 11.3 Å². The van der Waals surface area contributed by atoms with Gasteiger partial charge < -0.3 is 5.32 Å². The molecule has 0 aliphatic carbocycles. The summed E-state index contributed by atoms with van der Waals surface area (Å²) in [4.78, 5) is 17.0. The van der Waals surface area contributed by atoms with Gasteiger partial charge in [-0.25, -0.2) is 0 Å². The van der Waals surface area contributed by atoms with Crippen LogP contribution in [0.4, 0.5) is 0 Å². The molecule has 0 radical (unpaired) electrons. The van der Waals surface area contributed by atoms with Crippen LogP contribution in [0.15, 0.2) is 73.2 Å². The second kappa shape index (κ2) is 7.41. The molecule has 1 N–H and O–H groups in total. The maximum Gasteiger partial charge on any atom is 0.224 e. The number of benzene rings is 2. The molecule has 0 aliphatic rings. The van der Waals surface area contributed by atoms with E-state index in [4.69, 9.17) is 0 Å². The summed E-state index contributed by atoms with van der Waals surface area (Å²) in [6.07, 6.45) is 5.81. The molecular formula is C22H20N4O. The molecule has 2 heterocycles. The summed E-state index contributed by atoms with van der Waals surface area (Å²) in [5.41, 5.74) is 3.79. The van der Waals surface area contributed by atoms with Gasteiger partial charge in [-0.05, 0) is 28.0 Å². The highest BCUT2D eigenvalue weighted by Crippen LogP contribution is 2.21. The number of carbonyl (C=O) groups excluding carboxylic acids is 1. The van der Waals surface area contributed by atoms with Crippen molar-refractivity contribution in [2.45, 2.75) is 13.0 Å². The van der Waals surface area contributed by atoms with Crippen LogP contribution in [-0.4, -0.2) is 20.7 Å². The van der Waals surface area contributed by atoms with Crippen molar-refractivity contribution in [3.05, 3.63) is 84.3 Å². The number of fused-ring (bicyclic) bond motifs is 1. The first-order chi connectivity index (χ1) is 13.2. The Labute approximate surface area is 157 Å². The van der Waals surface area contributed by atoms with Gasteiger partial charge in [0.2, 0.25) is 5.91 Å². The average Bonchev–Trinajstić information content (AvgIpc) is 3.13. The Morgan fingerprint density at radius 3 is 2.70 bits per heavy atom. The zero-order valence-electron chi connectivity index (χ0n) is 15.1. The quantitative estimate of drug-likeness (QED) is 0.595. The third kappa shape index (κ3) is 3.72. The molecule has 1 amide bonds. The molecule has 2 aromatic heterocycles. The fourth-order valence-electron chi connectivity index (χ4n) is 3.26. The highest BCUT2D eigenvalue weighted by atomic mass is 16.1. The Morgan fingerprint density at radius 1 is 1.04 bits per heavy atom. The lowest BCUT2D eigenvalue weighted by atomic mass is 10.0. The number of nitrogens with zero attached hydrogens (tertiary/aromatic N) is 3. The number of carbonyl (C=O) groups is 1. The topological polar surface area (TPSA) is 59.8 Å². The molecular weight excluding hydrogens is 336 g/mol. The van der Waals surface area contributed by atoms with E-state index < -0.39 is 0 Å². The number of aryl methyl sites for hydroxylation is 1. The second-order valence-electron chi connectivity index (χ2n) is 6.51. The molecule has 0 bridgehead atoms. The number of hydrogen-bond donors (Lipinski definition) is 1. The highest BCUT2D eigenvalue weighted by Gasteiger charge is 2.11. The molecule has 0 fully saturated rings. The van der Waals surface area contributed by atoms with E-state index in [9.17, 15) is 4.79 Å². The SMILES string of the molecule is Cn1cc(-c2ncccc2CNC(=O)Cc2cccc3ccccc23)cn1. The predicted molar refractivity (Wildman–Crippen MR) is 106 cm³/mol. The monoisotopic (exact) mass is 356 g/mol. The zero-order chi connectivity index (χ0) is 18.6.